The molecular formula is C26H22ClFN2O3S. The van der Waals surface area contributed by atoms with E-state index in [4.69, 9.17) is 33.3 Å². The van der Waals surface area contributed by atoms with Gasteiger partial charge in [-0.2, -0.15) is 0 Å². The number of carbonyl (C=O) groups is 1. The second kappa shape index (κ2) is 9.83. The first-order valence-electron chi connectivity index (χ1n) is 10.5. The van der Waals surface area contributed by atoms with E-state index >= 15 is 0 Å². The van der Waals surface area contributed by atoms with Crippen LogP contribution < -0.4 is 19.7 Å². The van der Waals surface area contributed by atoms with Crippen LogP contribution in [0.5, 0.6) is 11.5 Å². The number of hydrogen-bond donors (Lipinski definition) is 1. The Bertz CT molecular complexity index is 1280. The molecule has 5 nitrogen and oxygen atoms in total. The van der Waals surface area contributed by atoms with Crippen molar-refractivity contribution in [1.82, 2.24) is 5.32 Å². The van der Waals surface area contributed by atoms with Crippen molar-refractivity contribution in [2.24, 2.45) is 0 Å². The molecule has 0 aromatic heterocycles. The molecule has 4 rings (SSSR count). The number of thiocarbonyl (C=S) groups is 1. The number of amides is 1. The van der Waals surface area contributed by atoms with E-state index in [1.807, 2.05) is 44.2 Å². The SMILES string of the molecule is COc1ccc(/C=C2/NC(=S)N(c3ccc(F)cc3)C2=O)cc1COc1cc(C)c(Cl)c(C)c1. The molecule has 1 saturated heterocycles. The maximum atomic E-state index is 13.3. The number of rotatable bonds is 6. The standard InChI is InChI=1S/C26H22ClFN2O3S/c1-15-10-21(11-16(2)24(15)27)33-14-18-12-17(4-9-23(18)32-3)13-22-25(31)30(26(34)29-22)20-7-5-19(28)6-8-20/h4-13H,14H2,1-3H3,(H,29,34)/b22-13+. The van der Waals surface area contributed by atoms with Crippen LogP contribution in [-0.2, 0) is 11.4 Å². The summed E-state index contributed by atoms with van der Waals surface area (Å²) in [6.07, 6.45) is 1.71. The summed E-state index contributed by atoms with van der Waals surface area (Å²) in [7, 11) is 1.59. The Kier molecular flexibility index (Phi) is 6.86. The van der Waals surface area contributed by atoms with Crippen molar-refractivity contribution in [1.29, 1.82) is 0 Å². The monoisotopic (exact) mass is 496 g/mol. The third-order valence-corrected chi connectivity index (χ3v) is 6.26. The molecule has 1 amide bonds. The minimum absolute atomic E-state index is 0.230. The van der Waals surface area contributed by atoms with Gasteiger partial charge in [0, 0.05) is 10.6 Å². The van der Waals surface area contributed by atoms with Gasteiger partial charge in [-0.1, -0.05) is 17.7 Å². The highest BCUT2D eigenvalue weighted by Crippen LogP contribution is 2.29. The van der Waals surface area contributed by atoms with Gasteiger partial charge in [-0.05, 0) is 97.4 Å². The zero-order valence-corrected chi connectivity index (χ0v) is 20.4. The molecule has 0 spiro atoms. The molecule has 0 unspecified atom stereocenters. The Balaban J connectivity index is 1.57. The highest BCUT2D eigenvalue weighted by molar-refractivity contribution is 7.80. The molecule has 1 aliphatic rings. The van der Waals surface area contributed by atoms with Crippen LogP contribution >= 0.6 is 23.8 Å². The summed E-state index contributed by atoms with van der Waals surface area (Å²) in [6, 6.07) is 14.9. The number of ether oxygens (including phenoxy) is 2. The predicted molar refractivity (Wildman–Crippen MR) is 136 cm³/mol. The molecule has 1 aliphatic heterocycles. The van der Waals surface area contributed by atoms with E-state index in [-0.39, 0.29) is 23.4 Å². The maximum Gasteiger partial charge on any atom is 0.281 e. The zero-order chi connectivity index (χ0) is 24.4. The fraction of sp³-hybridized carbons (Fsp3) is 0.154. The lowest BCUT2D eigenvalue weighted by Gasteiger charge is -2.13. The second-order valence-corrected chi connectivity index (χ2v) is 8.60. The van der Waals surface area contributed by atoms with Crippen LogP contribution in [0.2, 0.25) is 5.02 Å². The number of nitrogens with zero attached hydrogens (tertiary/aromatic N) is 1. The van der Waals surface area contributed by atoms with Crippen molar-refractivity contribution in [3.8, 4) is 11.5 Å². The molecule has 0 aliphatic carbocycles. The van der Waals surface area contributed by atoms with E-state index in [2.05, 4.69) is 5.32 Å². The van der Waals surface area contributed by atoms with Crippen molar-refractivity contribution >= 4 is 46.6 Å². The fourth-order valence-electron chi connectivity index (χ4n) is 3.68. The molecule has 0 saturated carbocycles. The average molecular weight is 497 g/mol. The summed E-state index contributed by atoms with van der Waals surface area (Å²) in [6.45, 7) is 4.13. The van der Waals surface area contributed by atoms with Gasteiger partial charge >= 0.3 is 0 Å². The third kappa shape index (κ3) is 4.90. The number of anilines is 1. The van der Waals surface area contributed by atoms with Gasteiger partial charge < -0.3 is 14.8 Å². The smallest absolute Gasteiger partial charge is 0.281 e. The Labute approximate surface area is 207 Å². The second-order valence-electron chi connectivity index (χ2n) is 7.84. The van der Waals surface area contributed by atoms with Gasteiger partial charge in [0.15, 0.2) is 5.11 Å². The molecule has 1 fully saturated rings. The van der Waals surface area contributed by atoms with Crippen molar-refractivity contribution in [2.75, 3.05) is 12.0 Å². The summed E-state index contributed by atoms with van der Waals surface area (Å²) in [5, 5.41) is 3.89. The van der Waals surface area contributed by atoms with Gasteiger partial charge in [0.25, 0.3) is 5.91 Å². The van der Waals surface area contributed by atoms with Crippen molar-refractivity contribution in [2.45, 2.75) is 20.5 Å². The average Bonchev–Trinajstić information content (AvgIpc) is 3.09. The van der Waals surface area contributed by atoms with E-state index in [9.17, 15) is 9.18 Å². The molecule has 1 N–H and O–H groups in total. The minimum atomic E-state index is -0.387. The summed E-state index contributed by atoms with van der Waals surface area (Å²) < 4.78 is 24.8. The van der Waals surface area contributed by atoms with Gasteiger partial charge in [0.1, 0.15) is 29.6 Å². The van der Waals surface area contributed by atoms with Crippen LogP contribution in [0.3, 0.4) is 0 Å². The van der Waals surface area contributed by atoms with E-state index < -0.39 is 0 Å². The van der Waals surface area contributed by atoms with E-state index in [1.54, 1.807) is 13.2 Å². The van der Waals surface area contributed by atoms with Crippen molar-refractivity contribution in [3.05, 3.63) is 93.4 Å². The molecule has 0 atom stereocenters. The quantitative estimate of drug-likeness (QED) is 0.338. The summed E-state index contributed by atoms with van der Waals surface area (Å²) in [4.78, 5) is 14.3. The molecule has 3 aromatic carbocycles. The highest BCUT2D eigenvalue weighted by Gasteiger charge is 2.32. The Hall–Kier alpha value is -3.42. The lowest BCUT2D eigenvalue weighted by Crippen LogP contribution is -2.30. The summed E-state index contributed by atoms with van der Waals surface area (Å²) in [5.74, 6) is 0.663. The molecule has 0 bridgehead atoms. The normalized spacial score (nSPS) is 14.5. The van der Waals surface area contributed by atoms with Crippen LogP contribution in [0.25, 0.3) is 6.08 Å². The van der Waals surface area contributed by atoms with Gasteiger partial charge in [0.2, 0.25) is 0 Å². The van der Waals surface area contributed by atoms with E-state index in [0.29, 0.717) is 22.9 Å². The number of carbonyl (C=O) groups excluding carboxylic acids is 1. The highest BCUT2D eigenvalue weighted by atomic mass is 35.5. The Morgan fingerprint density at radius 3 is 2.41 bits per heavy atom. The topological polar surface area (TPSA) is 50.8 Å². The number of aryl methyl sites for hydroxylation is 2. The molecule has 3 aromatic rings. The van der Waals surface area contributed by atoms with Gasteiger partial charge in [0.05, 0.1) is 12.8 Å². The van der Waals surface area contributed by atoms with Crippen LogP contribution in [0.4, 0.5) is 10.1 Å². The van der Waals surface area contributed by atoms with Gasteiger partial charge in [-0.15, -0.1) is 0 Å². The lowest BCUT2D eigenvalue weighted by atomic mass is 10.1. The Morgan fingerprint density at radius 2 is 1.76 bits per heavy atom. The number of benzene rings is 3. The summed E-state index contributed by atoms with van der Waals surface area (Å²) in [5.41, 5.74) is 4.26. The van der Waals surface area contributed by atoms with E-state index in [1.165, 1.54) is 29.2 Å². The first kappa shape index (κ1) is 23.7. The first-order valence-corrected chi connectivity index (χ1v) is 11.2. The number of halogens is 2. The zero-order valence-electron chi connectivity index (χ0n) is 18.8. The van der Waals surface area contributed by atoms with Crippen LogP contribution in [0, 0.1) is 19.7 Å². The molecule has 8 heteroatoms. The van der Waals surface area contributed by atoms with Gasteiger partial charge in [-0.25, -0.2) is 4.39 Å². The first-order chi connectivity index (χ1) is 16.3. The molecular weight excluding hydrogens is 475 g/mol. The maximum absolute atomic E-state index is 13.3. The van der Waals surface area contributed by atoms with Crippen LogP contribution in [0.1, 0.15) is 22.3 Å². The minimum Gasteiger partial charge on any atom is -0.496 e. The van der Waals surface area contributed by atoms with Crippen LogP contribution in [-0.4, -0.2) is 18.1 Å². The van der Waals surface area contributed by atoms with Crippen LogP contribution in [0.15, 0.2) is 60.3 Å². The number of hydrogen-bond acceptors (Lipinski definition) is 4. The Morgan fingerprint density at radius 1 is 1.09 bits per heavy atom. The lowest BCUT2D eigenvalue weighted by molar-refractivity contribution is -0.113. The molecule has 0 radical (unpaired) electrons. The number of nitrogens with one attached hydrogen (secondary N) is 1. The molecule has 174 valence electrons. The summed E-state index contributed by atoms with van der Waals surface area (Å²) >= 11 is 11.6. The third-order valence-electron chi connectivity index (χ3n) is 5.38. The largest absolute Gasteiger partial charge is 0.496 e. The molecule has 34 heavy (non-hydrogen) atoms. The number of methoxy groups -OCH3 is 1. The predicted octanol–water partition coefficient (Wildman–Crippen LogP) is 5.95. The van der Waals surface area contributed by atoms with E-state index in [0.717, 1.165) is 27.3 Å². The van der Waals surface area contributed by atoms with Crippen molar-refractivity contribution in [3.63, 3.8) is 0 Å². The fourth-order valence-corrected chi connectivity index (χ4v) is 4.09. The molecule has 1 heterocycles. The van der Waals surface area contributed by atoms with Gasteiger partial charge in [-0.3, -0.25) is 9.69 Å². The van der Waals surface area contributed by atoms with Crippen molar-refractivity contribution < 1.29 is 18.7 Å².